The first-order chi connectivity index (χ1) is 7.08. The maximum Gasteiger partial charge on any atom is 0.160 e. The van der Waals surface area contributed by atoms with Gasteiger partial charge in [0.25, 0.3) is 0 Å². The smallest absolute Gasteiger partial charge is 0.160 e. The van der Waals surface area contributed by atoms with Crippen molar-refractivity contribution in [1.29, 1.82) is 0 Å². The molecule has 0 spiro atoms. The van der Waals surface area contributed by atoms with E-state index in [0.717, 1.165) is 26.1 Å². The summed E-state index contributed by atoms with van der Waals surface area (Å²) in [5.41, 5.74) is 0. The molecule has 3 heteroatoms. The first-order valence-electron chi connectivity index (χ1n) is 5.96. The molecule has 2 unspecified atom stereocenters. The normalized spacial score (nSPS) is 26.8. The van der Waals surface area contributed by atoms with Crippen molar-refractivity contribution in [2.75, 3.05) is 13.2 Å². The average Bonchev–Trinajstić information content (AvgIpc) is 2.59. The minimum absolute atomic E-state index is 0.0513. The first kappa shape index (κ1) is 12.9. The van der Waals surface area contributed by atoms with E-state index in [1.807, 2.05) is 0 Å². The van der Waals surface area contributed by atoms with Gasteiger partial charge in [0.2, 0.25) is 0 Å². The van der Waals surface area contributed by atoms with Gasteiger partial charge in [-0.1, -0.05) is 27.7 Å². The van der Waals surface area contributed by atoms with E-state index in [9.17, 15) is 0 Å². The lowest BCUT2D eigenvalue weighted by atomic mass is 10.2. The molecule has 0 bridgehead atoms. The van der Waals surface area contributed by atoms with Gasteiger partial charge in [-0.2, -0.15) is 0 Å². The molecule has 0 aromatic carbocycles. The molecule has 2 atom stereocenters. The molecule has 3 nitrogen and oxygen atoms in total. The van der Waals surface area contributed by atoms with E-state index < -0.39 is 0 Å². The van der Waals surface area contributed by atoms with Crippen molar-refractivity contribution < 1.29 is 14.2 Å². The van der Waals surface area contributed by atoms with E-state index in [1.165, 1.54) is 0 Å². The van der Waals surface area contributed by atoms with Gasteiger partial charge < -0.3 is 14.2 Å². The van der Waals surface area contributed by atoms with Crippen molar-refractivity contribution in [2.45, 2.75) is 53.1 Å². The monoisotopic (exact) mass is 216 g/mol. The zero-order valence-corrected chi connectivity index (χ0v) is 10.4. The van der Waals surface area contributed by atoms with Crippen LogP contribution in [0.3, 0.4) is 0 Å². The molecule has 1 heterocycles. The van der Waals surface area contributed by atoms with Crippen molar-refractivity contribution in [3.05, 3.63) is 0 Å². The van der Waals surface area contributed by atoms with Gasteiger partial charge in [0.05, 0.1) is 13.2 Å². The third-order valence-corrected chi connectivity index (χ3v) is 2.17. The molecule has 1 fully saturated rings. The highest BCUT2D eigenvalue weighted by atomic mass is 16.8. The summed E-state index contributed by atoms with van der Waals surface area (Å²) in [5.74, 6) is 1.12. The van der Waals surface area contributed by atoms with E-state index in [1.54, 1.807) is 0 Å². The zero-order valence-electron chi connectivity index (χ0n) is 10.4. The second kappa shape index (κ2) is 6.46. The highest BCUT2D eigenvalue weighted by Gasteiger charge is 2.26. The molecule has 0 aromatic rings. The summed E-state index contributed by atoms with van der Waals surface area (Å²) >= 11 is 0. The van der Waals surface area contributed by atoms with E-state index in [-0.39, 0.29) is 12.6 Å². The van der Waals surface area contributed by atoms with Crippen LogP contribution in [0.2, 0.25) is 0 Å². The van der Waals surface area contributed by atoms with Gasteiger partial charge in [0.1, 0.15) is 0 Å². The lowest BCUT2D eigenvalue weighted by Gasteiger charge is -2.16. The Hall–Kier alpha value is -0.120. The standard InChI is InChI=1S/C12H24O3/c1-9(2)7-13-11-5-6-12(15-11)14-8-10(3)4/h9-12H,5-8H2,1-4H3. The van der Waals surface area contributed by atoms with E-state index >= 15 is 0 Å². The summed E-state index contributed by atoms with van der Waals surface area (Å²) in [6.45, 7) is 10.1. The number of hydrogen-bond acceptors (Lipinski definition) is 3. The molecular formula is C12H24O3. The predicted octanol–water partition coefficient (Wildman–Crippen LogP) is 2.79. The van der Waals surface area contributed by atoms with E-state index in [4.69, 9.17) is 14.2 Å². The minimum atomic E-state index is -0.0513. The molecule has 90 valence electrons. The summed E-state index contributed by atoms with van der Waals surface area (Å²) < 4.78 is 16.8. The Morgan fingerprint density at radius 1 is 0.933 bits per heavy atom. The van der Waals surface area contributed by atoms with Crippen LogP contribution in [-0.2, 0) is 14.2 Å². The molecule has 0 saturated carbocycles. The summed E-state index contributed by atoms with van der Waals surface area (Å²) in [6, 6.07) is 0. The van der Waals surface area contributed by atoms with Crippen LogP contribution >= 0.6 is 0 Å². The molecule has 0 aliphatic carbocycles. The SMILES string of the molecule is CC(C)COC1CCC(OCC(C)C)O1. The Labute approximate surface area is 93.1 Å². The molecule has 15 heavy (non-hydrogen) atoms. The first-order valence-corrected chi connectivity index (χ1v) is 5.96. The fourth-order valence-electron chi connectivity index (χ4n) is 1.42. The Morgan fingerprint density at radius 3 is 1.67 bits per heavy atom. The quantitative estimate of drug-likeness (QED) is 0.683. The Bertz CT molecular complexity index is 150. The third kappa shape index (κ3) is 5.50. The summed E-state index contributed by atoms with van der Waals surface area (Å²) in [5, 5.41) is 0. The third-order valence-electron chi connectivity index (χ3n) is 2.17. The highest BCUT2D eigenvalue weighted by Crippen LogP contribution is 2.22. The van der Waals surface area contributed by atoms with E-state index in [0.29, 0.717) is 11.8 Å². The lowest BCUT2D eigenvalue weighted by Crippen LogP contribution is -2.20. The van der Waals surface area contributed by atoms with Gasteiger partial charge in [-0.3, -0.25) is 0 Å². The molecule has 0 N–H and O–H groups in total. The van der Waals surface area contributed by atoms with Crippen LogP contribution in [0.25, 0.3) is 0 Å². The minimum Gasteiger partial charge on any atom is -0.352 e. The molecule has 1 saturated heterocycles. The number of hydrogen-bond donors (Lipinski definition) is 0. The van der Waals surface area contributed by atoms with Crippen LogP contribution in [-0.4, -0.2) is 25.8 Å². The Kier molecular flexibility index (Phi) is 5.58. The molecule has 1 rings (SSSR count). The molecule has 0 radical (unpaired) electrons. The molecule has 0 amide bonds. The van der Waals surface area contributed by atoms with Crippen molar-refractivity contribution in [1.82, 2.24) is 0 Å². The fraction of sp³-hybridized carbons (Fsp3) is 1.00. The maximum atomic E-state index is 5.62. The van der Waals surface area contributed by atoms with Gasteiger partial charge in [0.15, 0.2) is 12.6 Å². The Morgan fingerprint density at radius 2 is 1.33 bits per heavy atom. The maximum absolute atomic E-state index is 5.62. The molecule has 1 aliphatic rings. The molecule has 0 aromatic heterocycles. The van der Waals surface area contributed by atoms with Crippen molar-refractivity contribution in [3.8, 4) is 0 Å². The predicted molar refractivity (Wildman–Crippen MR) is 59.5 cm³/mol. The van der Waals surface area contributed by atoms with Gasteiger partial charge in [-0.05, 0) is 11.8 Å². The fourth-order valence-corrected chi connectivity index (χ4v) is 1.42. The van der Waals surface area contributed by atoms with Gasteiger partial charge in [0, 0.05) is 12.8 Å². The Balaban J connectivity index is 2.10. The largest absolute Gasteiger partial charge is 0.352 e. The summed E-state index contributed by atoms with van der Waals surface area (Å²) in [6.07, 6.45) is 1.81. The van der Waals surface area contributed by atoms with Gasteiger partial charge >= 0.3 is 0 Å². The topological polar surface area (TPSA) is 27.7 Å². The summed E-state index contributed by atoms with van der Waals surface area (Å²) in [4.78, 5) is 0. The van der Waals surface area contributed by atoms with Crippen LogP contribution in [0, 0.1) is 11.8 Å². The molecular weight excluding hydrogens is 192 g/mol. The van der Waals surface area contributed by atoms with Crippen molar-refractivity contribution >= 4 is 0 Å². The lowest BCUT2D eigenvalue weighted by molar-refractivity contribution is -0.210. The highest BCUT2D eigenvalue weighted by molar-refractivity contribution is 4.61. The molecule has 1 aliphatic heterocycles. The zero-order chi connectivity index (χ0) is 11.3. The van der Waals surface area contributed by atoms with Gasteiger partial charge in [-0.25, -0.2) is 0 Å². The second-order valence-electron chi connectivity index (χ2n) is 5.03. The number of rotatable bonds is 6. The van der Waals surface area contributed by atoms with Crippen LogP contribution in [0.15, 0.2) is 0 Å². The summed E-state index contributed by atoms with van der Waals surface area (Å²) in [7, 11) is 0. The second-order valence-corrected chi connectivity index (χ2v) is 5.03. The van der Waals surface area contributed by atoms with Crippen molar-refractivity contribution in [3.63, 3.8) is 0 Å². The van der Waals surface area contributed by atoms with Crippen molar-refractivity contribution in [2.24, 2.45) is 11.8 Å². The average molecular weight is 216 g/mol. The van der Waals surface area contributed by atoms with Crippen LogP contribution in [0.5, 0.6) is 0 Å². The van der Waals surface area contributed by atoms with Crippen LogP contribution < -0.4 is 0 Å². The van der Waals surface area contributed by atoms with Gasteiger partial charge in [-0.15, -0.1) is 0 Å². The van der Waals surface area contributed by atoms with Crippen LogP contribution in [0.1, 0.15) is 40.5 Å². The number of ether oxygens (including phenoxy) is 3. The van der Waals surface area contributed by atoms with E-state index in [2.05, 4.69) is 27.7 Å². The van der Waals surface area contributed by atoms with Crippen LogP contribution in [0.4, 0.5) is 0 Å².